The lowest BCUT2D eigenvalue weighted by Gasteiger charge is -2.23. The van der Waals surface area contributed by atoms with Crippen molar-refractivity contribution in [1.29, 1.82) is 0 Å². The van der Waals surface area contributed by atoms with E-state index in [-0.39, 0.29) is 17.5 Å². The summed E-state index contributed by atoms with van der Waals surface area (Å²) in [5, 5.41) is 14.2. The van der Waals surface area contributed by atoms with Crippen molar-refractivity contribution < 1.29 is 9.90 Å². The van der Waals surface area contributed by atoms with Crippen molar-refractivity contribution in [2.45, 2.75) is 6.10 Å². The second-order valence-electron chi connectivity index (χ2n) is 5.34. The third kappa shape index (κ3) is 5.28. The second kappa shape index (κ2) is 8.58. The summed E-state index contributed by atoms with van der Waals surface area (Å²) in [5.41, 5.74) is 1.24. The van der Waals surface area contributed by atoms with Crippen molar-refractivity contribution in [1.82, 2.24) is 5.32 Å². The standard InChI is InChI=1S/C17H17Cl3N2O2/c1-22(13-5-2-11(18)3-6-13)10-14(23)9-21-17(24)15-7-4-12(19)8-16(15)20/h2-8,14,23H,9-10H2,1H3,(H,21,24). The minimum absolute atomic E-state index is 0.107. The molecule has 0 saturated heterocycles. The van der Waals surface area contributed by atoms with Gasteiger partial charge in [-0.05, 0) is 42.5 Å². The number of nitrogens with one attached hydrogen (secondary N) is 1. The molecule has 1 amide bonds. The van der Waals surface area contributed by atoms with Gasteiger partial charge in [-0.15, -0.1) is 0 Å². The fraction of sp³-hybridized carbons (Fsp3) is 0.235. The molecule has 1 atom stereocenters. The Kier molecular flexibility index (Phi) is 6.75. The lowest BCUT2D eigenvalue weighted by molar-refractivity contribution is 0.0919. The van der Waals surface area contributed by atoms with Crippen molar-refractivity contribution in [3.63, 3.8) is 0 Å². The van der Waals surface area contributed by atoms with E-state index in [0.717, 1.165) is 5.69 Å². The Morgan fingerprint density at radius 2 is 1.75 bits per heavy atom. The Morgan fingerprint density at radius 1 is 1.12 bits per heavy atom. The van der Waals surface area contributed by atoms with Gasteiger partial charge in [0.1, 0.15) is 0 Å². The van der Waals surface area contributed by atoms with E-state index in [0.29, 0.717) is 22.2 Å². The number of carbonyl (C=O) groups is 1. The first kappa shape index (κ1) is 18.9. The van der Waals surface area contributed by atoms with Crippen LogP contribution in [0.15, 0.2) is 42.5 Å². The van der Waals surface area contributed by atoms with Gasteiger partial charge in [0.2, 0.25) is 0 Å². The summed E-state index contributed by atoms with van der Waals surface area (Å²) in [7, 11) is 1.85. The van der Waals surface area contributed by atoms with Gasteiger partial charge in [0.05, 0.1) is 16.7 Å². The number of carbonyl (C=O) groups excluding carboxylic acids is 1. The molecule has 7 heteroatoms. The van der Waals surface area contributed by atoms with Crippen LogP contribution < -0.4 is 10.2 Å². The zero-order chi connectivity index (χ0) is 17.7. The summed E-state index contributed by atoms with van der Waals surface area (Å²) < 4.78 is 0. The number of aliphatic hydroxyl groups is 1. The molecule has 0 saturated carbocycles. The van der Waals surface area contributed by atoms with Gasteiger partial charge in [0.15, 0.2) is 0 Å². The molecule has 0 heterocycles. The highest BCUT2D eigenvalue weighted by Crippen LogP contribution is 2.21. The molecule has 0 aliphatic heterocycles. The van der Waals surface area contributed by atoms with Gasteiger partial charge in [0.25, 0.3) is 5.91 Å². The van der Waals surface area contributed by atoms with Gasteiger partial charge < -0.3 is 15.3 Å². The molecule has 2 rings (SSSR count). The molecule has 0 fully saturated rings. The maximum absolute atomic E-state index is 12.1. The molecule has 0 radical (unpaired) electrons. The van der Waals surface area contributed by atoms with Crippen LogP contribution in [0.2, 0.25) is 15.1 Å². The van der Waals surface area contributed by atoms with Crippen LogP contribution in [0.5, 0.6) is 0 Å². The average Bonchev–Trinajstić information content (AvgIpc) is 2.53. The Hall–Kier alpha value is -1.46. The number of nitrogens with zero attached hydrogens (tertiary/aromatic N) is 1. The fourth-order valence-electron chi connectivity index (χ4n) is 2.16. The SMILES string of the molecule is CN(CC(O)CNC(=O)c1ccc(Cl)cc1Cl)c1ccc(Cl)cc1. The number of anilines is 1. The van der Waals surface area contributed by atoms with E-state index in [4.69, 9.17) is 34.8 Å². The molecule has 128 valence electrons. The summed E-state index contributed by atoms with van der Waals surface area (Å²) in [6, 6.07) is 11.9. The number of likely N-dealkylation sites (N-methyl/N-ethyl adjacent to an activating group) is 1. The summed E-state index contributed by atoms with van der Waals surface area (Å²) >= 11 is 17.6. The Labute approximate surface area is 155 Å². The minimum Gasteiger partial charge on any atom is -0.389 e. The maximum Gasteiger partial charge on any atom is 0.252 e. The fourth-order valence-corrected chi connectivity index (χ4v) is 2.78. The molecule has 2 aromatic carbocycles. The number of halogens is 3. The summed E-state index contributed by atoms with van der Waals surface area (Å²) in [6.07, 6.45) is -0.735. The quantitative estimate of drug-likeness (QED) is 0.791. The molecule has 0 spiro atoms. The normalized spacial score (nSPS) is 11.9. The van der Waals surface area contributed by atoms with Gasteiger partial charge in [-0.1, -0.05) is 34.8 Å². The van der Waals surface area contributed by atoms with Crippen molar-refractivity contribution in [2.24, 2.45) is 0 Å². The smallest absolute Gasteiger partial charge is 0.252 e. The van der Waals surface area contributed by atoms with Crippen LogP contribution in [0.25, 0.3) is 0 Å². The van der Waals surface area contributed by atoms with E-state index in [2.05, 4.69) is 5.32 Å². The first-order valence-corrected chi connectivity index (χ1v) is 8.38. The average molecular weight is 388 g/mol. The zero-order valence-electron chi connectivity index (χ0n) is 13.0. The lowest BCUT2D eigenvalue weighted by Crippen LogP contribution is -2.39. The summed E-state index contributed by atoms with van der Waals surface area (Å²) in [4.78, 5) is 14.0. The van der Waals surface area contributed by atoms with Gasteiger partial charge in [0, 0.05) is 35.9 Å². The molecule has 0 aliphatic rings. The molecular formula is C17H17Cl3N2O2. The molecule has 0 bridgehead atoms. The van der Waals surface area contributed by atoms with Gasteiger partial charge in [-0.25, -0.2) is 0 Å². The van der Waals surface area contributed by atoms with Gasteiger partial charge in [-0.2, -0.15) is 0 Å². The van der Waals surface area contributed by atoms with Crippen LogP contribution in [0, 0.1) is 0 Å². The first-order valence-electron chi connectivity index (χ1n) is 7.25. The zero-order valence-corrected chi connectivity index (χ0v) is 15.2. The molecule has 4 nitrogen and oxygen atoms in total. The van der Waals surface area contributed by atoms with Crippen LogP contribution in [0.3, 0.4) is 0 Å². The largest absolute Gasteiger partial charge is 0.389 e. The van der Waals surface area contributed by atoms with E-state index < -0.39 is 6.10 Å². The molecule has 0 aliphatic carbocycles. The first-order chi connectivity index (χ1) is 11.4. The number of benzene rings is 2. The van der Waals surface area contributed by atoms with Gasteiger partial charge in [-0.3, -0.25) is 4.79 Å². The van der Waals surface area contributed by atoms with Crippen LogP contribution >= 0.6 is 34.8 Å². The molecule has 2 aromatic rings. The van der Waals surface area contributed by atoms with Crippen molar-refractivity contribution in [3.8, 4) is 0 Å². The Morgan fingerprint density at radius 3 is 2.38 bits per heavy atom. The predicted octanol–water partition coefficient (Wildman–Crippen LogP) is 3.87. The van der Waals surface area contributed by atoms with E-state index in [9.17, 15) is 9.90 Å². The highest BCUT2D eigenvalue weighted by molar-refractivity contribution is 6.36. The highest BCUT2D eigenvalue weighted by Gasteiger charge is 2.14. The van der Waals surface area contributed by atoms with Crippen LogP contribution in [0.4, 0.5) is 5.69 Å². The van der Waals surface area contributed by atoms with E-state index in [1.807, 2.05) is 24.1 Å². The third-order valence-electron chi connectivity index (χ3n) is 3.43. The molecule has 24 heavy (non-hydrogen) atoms. The predicted molar refractivity (Wildman–Crippen MR) is 99.5 cm³/mol. The topological polar surface area (TPSA) is 52.6 Å². The van der Waals surface area contributed by atoms with Crippen LogP contribution in [0.1, 0.15) is 10.4 Å². The van der Waals surface area contributed by atoms with Crippen LogP contribution in [-0.2, 0) is 0 Å². The molecule has 1 unspecified atom stereocenters. The lowest BCUT2D eigenvalue weighted by atomic mass is 10.2. The Balaban J connectivity index is 1.87. The number of amides is 1. The van der Waals surface area contributed by atoms with Crippen LogP contribution in [-0.4, -0.2) is 37.3 Å². The Bertz CT molecular complexity index is 707. The highest BCUT2D eigenvalue weighted by atomic mass is 35.5. The third-order valence-corrected chi connectivity index (χ3v) is 4.23. The summed E-state index contributed by atoms with van der Waals surface area (Å²) in [6.45, 7) is 0.464. The number of rotatable bonds is 6. The number of hydrogen-bond acceptors (Lipinski definition) is 3. The van der Waals surface area contributed by atoms with E-state index in [1.165, 1.54) is 6.07 Å². The van der Waals surface area contributed by atoms with Crippen molar-refractivity contribution >= 4 is 46.4 Å². The number of hydrogen-bond donors (Lipinski definition) is 2. The minimum atomic E-state index is -0.735. The summed E-state index contributed by atoms with van der Waals surface area (Å²) in [5.74, 6) is -0.357. The van der Waals surface area contributed by atoms with Gasteiger partial charge >= 0.3 is 0 Å². The molecule has 2 N–H and O–H groups in total. The van der Waals surface area contributed by atoms with E-state index >= 15 is 0 Å². The molecule has 0 aromatic heterocycles. The number of aliphatic hydroxyl groups excluding tert-OH is 1. The second-order valence-corrected chi connectivity index (χ2v) is 6.63. The van der Waals surface area contributed by atoms with Crippen molar-refractivity contribution in [3.05, 3.63) is 63.1 Å². The monoisotopic (exact) mass is 386 g/mol. The van der Waals surface area contributed by atoms with E-state index in [1.54, 1.807) is 24.3 Å². The van der Waals surface area contributed by atoms with Crippen molar-refractivity contribution in [2.75, 3.05) is 25.0 Å². The maximum atomic E-state index is 12.1. The molecular weight excluding hydrogens is 371 g/mol.